The normalized spacial score (nSPS) is 15.8. The molecule has 2 amide bonds. The van der Waals surface area contributed by atoms with Gasteiger partial charge in [-0.15, -0.1) is 0 Å². The Morgan fingerprint density at radius 2 is 1.79 bits per heavy atom. The summed E-state index contributed by atoms with van der Waals surface area (Å²) in [7, 11) is 0. The van der Waals surface area contributed by atoms with Gasteiger partial charge in [0.25, 0.3) is 11.8 Å². The summed E-state index contributed by atoms with van der Waals surface area (Å²) >= 11 is 0. The molecule has 1 aliphatic heterocycles. The Kier molecular flexibility index (Phi) is 10.9. The summed E-state index contributed by atoms with van der Waals surface area (Å²) < 4.78 is 11.2. The molecule has 1 heterocycles. The summed E-state index contributed by atoms with van der Waals surface area (Å²) in [6.07, 6.45) is 7.78. The molecule has 4 rings (SSSR count). The van der Waals surface area contributed by atoms with Gasteiger partial charge in [-0.3, -0.25) is 15.4 Å². The van der Waals surface area contributed by atoms with E-state index in [9.17, 15) is 9.59 Å². The van der Waals surface area contributed by atoms with Crippen LogP contribution in [-0.2, 0) is 4.74 Å². The lowest BCUT2D eigenvalue weighted by molar-refractivity contribution is 0.0302. The average molecular weight is 573 g/mol. The number of carbonyl (C=O) groups excluding carboxylic acids is 2. The number of morpholine rings is 1. The SMILES string of the molecule is C=C(N=C(C)/C=C\C(=C/NN)c1ccc(C(=O)NCC2CC2)cc1)Nc1ccc(C(=O)N2CCOCC2)cc1OCC. The molecule has 42 heavy (non-hydrogen) atoms. The number of amides is 2. The predicted molar refractivity (Wildman–Crippen MR) is 166 cm³/mol. The van der Waals surface area contributed by atoms with E-state index in [-0.39, 0.29) is 11.8 Å². The first-order valence-corrected chi connectivity index (χ1v) is 14.3. The molecule has 1 aliphatic carbocycles. The van der Waals surface area contributed by atoms with Gasteiger partial charge >= 0.3 is 0 Å². The number of ether oxygens (including phenoxy) is 2. The highest BCUT2D eigenvalue weighted by Crippen LogP contribution is 2.29. The maximum atomic E-state index is 12.9. The standard InChI is InChI=1S/C32H40N6O4/c1-4-42-30-19-27(32(40)38-15-17-41-18-16-38)13-14-29(30)37-23(3)36-22(2)5-8-28(21-35-33)25-9-11-26(12-10-25)31(39)34-20-24-6-7-24/h5,8-14,19,21,24,35,37H,3-4,6-7,15-18,20,33H2,1-2H3,(H,34,39)/b8-5-,28-21+,36-22?. The molecular weight excluding hydrogens is 532 g/mol. The average Bonchev–Trinajstić information content (AvgIpc) is 3.84. The van der Waals surface area contributed by atoms with Crippen molar-refractivity contribution in [2.75, 3.05) is 44.8 Å². The van der Waals surface area contributed by atoms with Crippen molar-refractivity contribution in [3.05, 3.63) is 89.9 Å². The third kappa shape index (κ3) is 8.79. The van der Waals surface area contributed by atoms with Crippen LogP contribution in [0.25, 0.3) is 5.57 Å². The Morgan fingerprint density at radius 3 is 2.45 bits per heavy atom. The molecule has 1 saturated heterocycles. The van der Waals surface area contributed by atoms with Crippen molar-refractivity contribution < 1.29 is 19.1 Å². The van der Waals surface area contributed by atoms with Crippen molar-refractivity contribution in [3.8, 4) is 5.75 Å². The van der Waals surface area contributed by atoms with Gasteiger partial charge in [-0.2, -0.15) is 0 Å². The number of aliphatic imine (C=N–C) groups is 1. The van der Waals surface area contributed by atoms with E-state index in [1.54, 1.807) is 41.4 Å². The minimum absolute atomic E-state index is 0.0501. The van der Waals surface area contributed by atoms with Gasteiger partial charge in [0.2, 0.25) is 0 Å². The monoisotopic (exact) mass is 572 g/mol. The van der Waals surface area contributed by atoms with Crippen LogP contribution in [0.2, 0.25) is 0 Å². The fourth-order valence-corrected chi connectivity index (χ4v) is 4.42. The second-order valence-electron chi connectivity index (χ2n) is 10.2. The van der Waals surface area contributed by atoms with Crippen molar-refractivity contribution in [2.24, 2.45) is 16.8 Å². The Balaban J connectivity index is 1.39. The molecule has 0 atom stereocenters. The van der Waals surface area contributed by atoms with E-state index in [2.05, 4.69) is 27.6 Å². The summed E-state index contributed by atoms with van der Waals surface area (Å²) in [5, 5.41) is 6.17. The molecule has 2 fully saturated rings. The second-order valence-corrected chi connectivity index (χ2v) is 10.2. The maximum Gasteiger partial charge on any atom is 0.254 e. The molecule has 0 radical (unpaired) electrons. The summed E-state index contributed by atoms with van der Waals surface area (Å²) in [5.74, 6) is 7.05. The van der Waals surface area contributed by atoms with Crippen LogP contribution in [0, 0.1) is 5.92 Å². The van der Waals surface area contributed by atoms with Crippen LogP contribution in [0.1, 0.15) is 53.0 Å². The number of rotatable bonds is 13. The predicted octanol–water partition coefficient (Wildman–Crippen LogP) is 4.10. The zero-order valence-corrected chi connectivity index (χ0v) is 24.3. The molecule has 5 N–H and O–H groups in total. The number of nitrogens with zero attached hydrogens (tertiary/aromatic N) is 2. The van der Waals surface area contributed by atoms with Crippen LogP contribution in [0.15, 0.2) is 78.2 Å². The van der Waals surface area contributed by atoms with Crippen LogP contribution in [0.5, 0.6) is 5.75 Å². The summed E-state index contributed by atoms with van der Waals surface area (Å²) in [5.41, 5.74) is 6.82. The van der Waals surface area contributed by atoms with Crippen LogP contribution < -0.4 is 26.6 Å². The summed E-state index contributed by atoms with van der Waals surface area (Å²) in [6.45, 7) is 11.2. The zero-order valence-electron chi connectivity index (χ0n) is 24.3. The van der Waals surface area contributed by atoms with E-state index in [1.807, 2.05) is 38.1 Å². The molecule has 0 aromatic heterocycles. The Morgan fingerprint density at radius 1 is 1.10 bits per heavy atom. The minimum Gasteiger partial charge on any atom is -0.492 e. The van der Waals surface area contributed by atoms with Crippen molar-refractivity contribution in [1.82, 2.24) is 15.6 Å². The van der Waals surface area contributed by atoms with Gasteiger partial charge in [-0.1, -0.05) is 24.8 Å². The van der Waals surface area contributed by atoms with Gasteiger partial charge in [0, 0.05) is 42.7 Å². The number of anilines is 1. The van der Waals surface area contributed by atoms with E-state index in [0.717, 1.165) is 17.7 Å². The molecular formula is C32H40N6O4. The maximum absolute atomic E-state index is 12.9. The van der Waals surface area contributed by atoms with Crippen molar-refractivity contribution in [3.63, 3.8) is 0 Å². The van der Waals surface area contributed by atoms with Crippen LogP contribution in [0.4, 0.5) is 5.69 Å². The molecule has 2 aliphatic rings. The van der Waals surface area contributed by atoms with Gasteiger partial charge in [-0.05, 0) is 80.2 Å². The molecule has 0 spiro atoms. The lowest BCUT2D eigenvalue weighted by Gasteiger charge is -2.27. The van der Waals surface area contributed by atoms with Gasteiger partial charge in [0.15, 0.2) is 0 Å². The van der Waals surface area contributed by atoms with E-state index in [0.29, 0.717) is 72.9 Å². The molecule has 222 valence electrons. The van der Waals surface area contributed by atoms with Crippen molar-refractivity contribution in [1.29, 1.82) is 0 Å². The van der Waals surface area contributed by atoms with E-state index < -0.39 is 0 Å². The Labute approximate surface area is 247 Å². The molecule has 0 unspecified atom stereocenters. The number of hydrazine groups is 1. The fraction of sp³-hybridized carbons (Fsp3) is 0.344. The van der Waals surface area contributed by atoms with E-state index in [1.165, 1.54) is 12.8 Å². The number of benzene rings is 2. The lowest BCUT2D eigenvalue weighted by atomic mass is 10.0. The van der Waals surface area contributed by atoms with Crippen LogP contribution in [-0.4, -0.2) is 61.9 Å². The molecule has 10 heteroatoms. The number of nitrogens with two attached hydrogens (primary N) is 1. The summed E-state index contributed by atoms with van der Waals surface area (Å²) in [6, 6.07) is 12.7. The Hall–Kier alpha value is -4.41. The molecule has 2 aromatic carbocycles. The van der Waals surface area contributed by atoms with Crippen LogP contribution in [0.3, 0.4) is 0 Å². The lowest BCUT2D eigenvalue weighted by Crippen LogP contribution is -2.40. The highest BCUT2D eigenvalue weighted by Gasteiger charge is 2.22. The summed E-state index contributed by atoms with van der Waals surface area (Å²) in [4.78, 5) is 31.6. The van der Waals surface area contributed by atoms with Crippen molar-refractivity contribution >= 4 is 28.8 Å². The molecule has 10 nitrogen and oxygen atoms in total. The number of carbonyl (C=O) groups is 2. The molecule has 0 bridgehead atoms. The smallest absolute Gasteiger partial charge is 0.254 e. The van der Waals surface area contributed by atoms with Gasteiger partial charge in [0.1, 0.15) is 11.6 Å². The van der Waals surface area contributed by atoms with Gasteiger partial charge in [0.05, 0.1) is 25.5 Å². The number of allylic oxidation sites excluding steroid dienone is 3. The quantitative estimate of drug-likeness (QED) is 0.123. The van der Waals surface area contributed by atoms with E-state index >= 15 is 0 Å². The first-order chi connectivity index (χ1) is 20.4. The highest BCUT2D eigenvalue weighted by molar-refractivity contribution is 5.97. The first kappa shape index (κ1) is 30.5. The number of hydrogen-bond donors (Lipinski definition) is 4. The number of nitrogens with one attached hydrogen (secondary N) is 3. The third-order valence-corrected chi connectivity index (χ3v) is 6.89. The van der Waals surface area contributed by atoms with Gasteiger partial charge in [-0.25, -0.2) is 4.99 Å². The third-order valence-electron chi connectivity index (χ3n) is 6.89. The largest absolute Gasteiger partial charge is 0.492 e. The topological polar surface area (TPSA) is 130 Å². The highest BCUT2D eigenvalue weighted by atomic mass is 16.5. The fourth-order valence-electron chi connectivity index (χ4n) is 4.42. The number of hydrogen-bond acceptors (Lipinski definition) is 8. The van der Waals surface area contributed by atoms with E-state index in [4.69, 9.17) is 15.3 Å². The molecule has 2 aromatic rings. The van der Waals surface area contributed by atoms with Gasteiger partial charge < -0.3 is 30.4 Å². The Bertz CT molecular complexity index is 1360. The minimum atomic E-state index is -0.0636. The zero-order chi connectivity index (χ0) is 29.9. The van der Waals surface area contributed by atoms with Crippen molar-refractivity contribution in [2.45, 2.75) is 26.7 Å². The molecule has 1 saturated carbocycles. The first-order valence-electron chi connectivity index (χ1n) is 14.3. The second kappa shape index (κ2) is 15.0. The van der Waals surface area contributed by atoms with Crippen LogP contribution >= 0.6 is 0 Å².